The van der Waals surface area contributed by atoms with Gasteiger partial charge in [0.2, 0.25) is 0 Å². The van der Waals surface area contributed by atoms with Gasteiger partial charge in [0.05, 0.1) is 0 Å². The number of rotatable bonds is 2. The van der Waals surface area contributed by atoms with Gasteiger partial charge in [-0.1, -0.05) is 12.2 Å². The zero-order chi connectivity index (χ0) is 8.77. The van der Waals surface area contributed by atoms with Gasteiger partial charge in [-0.3, -0.25) is 0 Å². The van der Waals surface area contributed by atoms with E-state index in [9.17, 15) is 0 Å². The molecule has 1 saturated carbocycles. The van der Waals surface area contributed by atoms with Crippen LogP contribution >= 0.6 is 11.1 Å². The van der Waals surface area contributed by atoms with E-state index in [1.54, 1.807) is 7.11 Å². The fourth-order valence-corrected chi connectivity index (χ4v) is 5.32. The predicted molar refractivity (Wildman–Crippen MR) is 53.6 cm³/mol. The van der Waals surface area contributed by atoms with E-state index in [0.717, 1.165) is 11.8 Å². The van der Waals surface area contributed by atoms with E-state index < -0.39 is 7.63 Å². The standard InChI is InChI=1S/C9H15ClOSi/c1-11-12(2,10)9-6-7-3-4-8(9)5-7/h3-4,7-9H,5-6H2,1-2H3. The molecule has 2 rings (SSSR count). The summed E-state index contributed by atoms with van der Waals surface area (Å²) in [5.41, 5.74) is 0.652. The van der Waals surface area contributed by atoms with Crippen molar-refractivity contribution >= 4 is 18.7 Å². The molecule has 1 fully saturated rings. The normalized spacial score (nSPS) is 43.4. The third-order valence-corrected chi connectivity index (χ3v) is 7.43. The lowest BCUT2D eigenvalue weighted by atomic mass is 10.1. The first-order chi connectivity index (χ1) is 5.63. The molecule has 0 aromatic heterocycles. The summed E-state index contributed by atoms with van der Waals surface area (Å²) in [7, 11) is -0.118. The maximum Gasteiger partial charge on any atom is 0.290 e. The topological polar surface area (TPSA) is 9.23 Å². The summed E-state index contributed by atoms with van der Waals surface area (Å²) in [4.78, 5) is 0. The Morgan fingerprint density at radius 3 is 2.58 bits per heavy atom. The van der Waals surface area contributed by atoms with Crippen LogP contribution in [0.5, 0.6) is 0 Å². The van der Waals surface area contributed by atoms with Crippen molar-refractivity contribution in [2.45, 2.75) is 24.9 Å². The van der Waals surface area contributed by atoms with Crippen LogP contribution in [-0.4, -0.2) is 14.7 Å². The van der Waals surface area contributed by atoms with Crippen LogP contribution < -0.4 is 0 Å². The Morgan fingerprint density at radius 1 is 1.42 bits per heavy atom. The molecule has 0 radical (unpaired) electrons. The maximum atomic E-state index is 6.40. The minimum atomic E-state index is -1.88. The zero-order valence-electron chi connectivity index (χ0n) is 7.59. The number of hydrogen-bond donors (Lipinski definition) is 0. The van der Waals surface area contributed by atoms with Crippen LogP contribution in [0.2, 0.25) is 12.1 Å². The Labute approximate surface area is 79.6 Å². The van der Waals surface area contributed by atoms with Crippen LogP contribution in [-0.2, 0) is 4.43 Å². The molecular formula is C9H15ClOSi. The summed E-state index contributed by atoms with van der Waals surface area (Å²) in [5, 5.41) is 0. The molecule has 2 bridgehead atoms. The Hall–Kier alpha value is 0.207. The van der Waals surface area contributed by atoms with Crippen molar-refractivity contribution in [3.63, 3.8) is 0 Å². The molecule has 2 aliphatic rings. The van der Waals surface area contributed by atoms with E-state index in [0.29, 0.717) is 5.54 Å². The summed E-state index contributed by atoms with van der Waals surface area (Å²) in [6.07, 6.45) is 7.27. The monoisotopic (exact) mass is 202 g/mol. The van der Waals surface area contributed by atoms with E-state index in [1.807, 2.05) is 0 Å². The van der Waals surface area contributed by atoms with Gasteiger partial charge < -0.3 is 4.43 Å². The highest BCUT2D eigenvalue weighted by Crippen LogP contribution is 2.52. The summed E-state index contributed by atoms with van der Waals surface area (Å²) >= 11 is 6.40. The highest BCUT2D eigenvalue weighted by Gasteiger charge is 2.47. The van der Waals surface area contributed by atoms with Crippen molar-refractivity contribution in [2.75, 3.05) is 7.11 Å². The van der Waals surface area contributed by atoms with Crippen LogP contribution in [0.15, 0.2) is 12.2 Å². The molecule has 0 aromatic rings. The highest BCUT2D eigenvalue weighted by molar-refractivity contribution is 7.16. The van der Waals surface area contributed by atoms with Crippen LogP contribution in [0.3, 0.4) is 0 Å². The Balaban J connectivity index is 2.12. The average Bonchev–Trinajstić information content (AvgIpc) is 2.64. The van der Waals surface area contributed by atoms with Gasteiger partial charge in [-0.05, 0) is 36.8 Å². The smallest absolute Gasteiger partial charge is 0.290 e. The van der Waals surface area contributed by atoms with Crippen LogP contribution in [0.1, 0.15) is 12.8 Å². The Morgan fingerprint density at radius 2 is 2.17 bits per heavy atom. The van der Waals surface area contributed by atoms with Gasteiger partial charge in [-0.2, -0.15) is 0 Å². The molecule has 0 aliphatic heterocycles. The molecule has 3 heteroatoms. The fraction of sp³-hybridized carbons (Fsp3) is 0.778. The number of halogens is 1. The molecule has 0 amide bonds. The SMILES string of the molecule is CO[Si](C)(Cl)C1CC2C=CC1C2. The van der Waals surface area contributed by atoms with E-state index in [4.69, 9.17) is 15.5 Å². The highest BCUT2D eigenvalue weighted by atomic mass is 35.6. The average molecular weight is 203 g/mol. The van der Waals surface area contributed by atoms with Gasteiger partial charge in [-0.25, -0.2) is 0 Å². The second kappa shape index (κ2) is 2.86. The summed E-state index contributed by atoms with van der Waals surface area (Å²) in [6.45, 7) is 2.12. The molecule has 12 heavy (non-hydrogen) atoms. The quantitative estimate of drug-likeness (QED) is 0.380. The molecule has 0 heterocycles. The number of allylic oxidation sites excluding steroid dienone is 2. The minimum Gasteiger partial charge on any atom is -0.406 e. The Kier molecular flexibility index (Phi) is 2.09. The number of hydrogen-bond acceptors (Lipinski definition) is 1. The first kappa shape index (κ1) is 8.79. The molecule has 1 nitrogen and oxygen atoms in total. The van der Waals surface area contributed by atoms with Crippen LogP contribution in [0.4, 0.5) is 0 Å². The summed E-state index contributed by atoms with van der Waals surface area (Å²) in [5.74, 6) is 1.53. The number of fused-ring (bicyclic) bond motifs is 2. The van der Waals surface area contributed by atoms with Gasteiger partial charge in [0.1, 0.15) is 0 Å². The predicted octanol–water partition coefficient (Wildman–Crippen LogP) is 2.91. The molecule has 4 atom stereocenters. The van der Waals surface area contributed by atoms with Gasteiger partial charge >= 0.3 is 0 Å². The zero-order valence-corrected chi connectivity index (χ0v) is 9.34. The van der Waals surface area contributed by atoms with Crippen molar-refractivity contribution in [1.82, 2.24) is 0 Å². The molecule has 0 spiro atoms. The van der Waals surface area contributed by atoms with Crippen LogP contribution in [0.25, 0.3) is 0 Å². The summed E-state index contributed by atoms with van der Waals surface area (Å²) in [6, 6.07) is 0. The van der Waals surface area contributed by atoms with Crippen molar-refractivity contribution in [2.24, 2.45) is 11.8 Å². The maximum absolute atomic E-state index is 6.40. The lowest BCUT2D eigenvalue weighted by Gasteiger charge is -2.29. The van der Waals surface area contributed by atoms with Gasteiger partial charge in [0.25, 0.3) is 7.63 Å². The lowest BCUT2D eigenvalue weighted by molar-refractivity contribution is 0.393. The second-order valence-corrected chi connectivity index (χ2v) is 9.45. The molecule has 0 saturated heterocycles. The first-order valence-corrected chi connectivity index (χ1v) is 8.05. The van der Waals surface area contributed by atoms with E-state index >= 15 is 0 Å². The van der Waals surface area contributed by atoms with Crippen molar-refractivity contribution in [3.05, 3.63) is 12.2 Å². The third kappa shape index (κ3) is 1.26. The summed E-state index contributed by atoms with van der Waals surface area (Å²) < 4.78 is 5.44. The minimum absolute atomic E-state index is 0.652. The van der Waals surface area contributed by atoms with Crippen molar-refractivity contribution < 1.29 is 4.43 Å². The molecule has 2 aliphatic carbocycles. The first-order valence-electron chi connectivity index (χ1n) is 4.56. The van der Waals surface area contributed by atoms with Gasteiger partial charge in [0.15, 0.2) is 0 Å². The van der Waals surface area contributed by atoms with Crippen molar-refractivity contribution in [1.29, 1.82) is 0 Å². The molecule has 0 aromatic carbocycles. The second-order valence-electron chi connectivity index (χ2n) is 4.08. The van der Waals surface area contributed by atoms with Gasteiger partial charge in [0, 0.05) is 7.11 Å². The third-order valence-electron chi connectivity index (χ3n) is 3.34. The molecule has 4 unspecified atom stereocenters. The molecule has 0 N–H and O–H groups in total. The lowest BCUT2D eigenvalue weighted by Crippen LogP contribution is -2.34. The largest absolute Gasteiger partial charge is 0.406 e. The van der Waals surface area contributed by atoms with Crippen molar-refractivity contribution in [3.8, 4) is 0 Å². The fourth-order valence-electron chi connectivity index (χ4n) is 2.52. The molecule has 68 valence electrons. The van der Waals surface area contributed by atoms with E-state index in [2.05, 4.69) is 18.7 Å². The Bertz CT molecular complexity index is 215. The molecular weight excluding hydrogens is 188 g/mol. The van der Waals surface area contributed by atoms with E-state index in [1.165, 1.54) is 12.8 Å². The van der Waals surface area contributed by atoms with E-state index in [-0.39, 0.29) is 0 Å². The van der Waals surface area contributed by atoms with Gasteiger partial charge in [-0.15, -0.1) is 11.1 Å². The van der Waals surface area contributed by atoms with Crippen LogP contribution in [0, 0.1) is 11.8 Å².